The summed E-state index contributed by atoms with van der Waals surface area (Å²) >= 11 is 0. The number of hydrogen-bond acceptors (Lipinski definition) is 3. The number of benzene rings is 2. The van der Waals surface area contributed by atoms with Gasteiger partial charge in [0.1, 0.15) is 6.10 Å². The van der Waals surface area contributed by atoms with Crippen molar-refractivity contribution in [3.8, 4) is 0 Å². The standard InChI is InChI=1S/C27H30N2O3/c1-20-12-14-24(15-13-20)26(30)25-11-7-17-29(25)16-6-10-22-8-5-9-23(18-22)19-32-21(2)27(31)28(3)4/h5-15,17-18,21H,16,19H2,1-4H3/t21-/m1/s1. The number of likely N-dealkylation sites (N-methyl/N-ethyl adjacent to an activating group) is 1. The Hall–Kier alpha value is -3.44. The van der Waals surface area contributed by atoms with E-state index in [1.807, 2.05) is 90.5 Å². The smallest absolute Gasteiger partial charge is 0.250 e. The van der Waals surface area contributed by atoms with Gasteiger partial charge in [-0.3, -0.25) is 9.59 Å². The fourth-order valence-corrected chi connectivity index (χ4v) is 3.38. The highest BCUT2D eigenvalue weighted by Crippen LogP contribution is 2.14. The molecule has 0 fully saturated rings. The summed E-state index contributed by atoms with van der Waals surface area (Å²) < 4.78 is 7.65. The zero-order valence-electron chi connectivity index (χ0n) is 19.1. The zero-order chi connectivity index (χ0) is 23.1. The molecule has 0 spiro atoms. The second kappa shape index (κ2) is 10.7. The first-order chi connectivity index (χ1) is 15.3. The summed E-state index contributed by atoms with van der Waals surface area (Å²) in [5.74, 6) is -0.0345. The number of carbonyl (C=O) groups excluding carboxylic acids is 2. The Morgan fingerprint density at radius 1 is 1.06 bits per heavy atom. The molecule has 0 aliphatic carbocycles. The van der Waals surface area contributed by atoms with Gasteiger partial charge in [-0.05, 0) is 43.2 Å². The molecule has 166 valence electrons. The number of hydrogen-bond donors (Lipinski definition) is 0. The average Bonchev–Trinajstić information content (AvgIpc) is 3.25. The van der Waals surface area contributed by atoms with Crippen LogP contribution in [0.4, 0.5) is 0 Å². The number of rotatable bonds is 9. The van der Waals surface area contributed by atoms with Gasteiger partial charge in [0.2, 0.25) is 5.78 Å². The van der Waals surface area contributed by atoms with Crippen LogP contribution in [0, 0.1) is 6.92 Å². The van der Waals surface area contributed by atoms with Crippen molar-refractivity contribution in [2.75, 3.05) is 14.1 Å². The van der Waals surface area contributed by atoms with E-state index in [1.165, 1.54) is 4.90 Å². The maximum absolute atomic E-state index is 12.8. The molecule has 0 saturated heterocycles. The molecule has 1 heterocycles. The first kappa shape index (κ1) is 23.2. The number of amides is 1. The van der Waals surface area contributed by atoms with Crippen molar-refractivity contribution in [1.29, 1.82) is 0 Å². The van der Waals surface area contributed by atoms with E-state index in [0.29, 0.717) is 24.4 Å². The van der Waals surface area contributed by atoms with Crippen LogP contribution in [-0.2, 0) is 22.7 Å². The molecule has 0 N–H and O–H groups in total. The molecule has 1 aromatic heterocycles. The molecule has 5 heteroatoms. The number of allylic oxidation sites excluding steroid dienone is 1. The van der Waals surface area contributed by atoms with Crippen molar-refractivity contribution in [3.63, 3.8) is 0 Å². The Morgan fingerprint density at radius 2 is 1.81 bits per heavy atom. The molecule has 0 aliphatic heterocycles. The number of aromatic nitrogens is 1. The van der Waals surface area contributed by atoms with Crippen LogP contribution < -0.4 is 0 Å². The van der Waals surface area contributed by atoms with E-state index < -0.39 is 6.10 Å². The van der Waals surface area contributed by atoms with Crippen molar-refractivity contribution in [2.45, 2.75) is 33.1 Å². The molecule has 3 aromatic rings. The van der Waals surface area contributed by atoms with Crippen molar-refractivity contribution < 1.29 is 14.3 Å². The summed E-state index contributed by atoms with van der Waals surface area (Å²) in [6, 6.07) is 19.4. The van der Waals surface area contributed by atoms with Crippen molar-refractivity contribution in [3.05, 3.63) is 101 Å². The van der Waals surface area contributed by atoms with Gasteiger partial charge in [-0.25, -0.2) is 0 Å². The summed E-state index contributed by atoms with van der Waals surface area (Å²) in [6.07, 6.45) is 5.49. The molecule has 0 radical (unpaired) electrons. The van der Waals surface area contributed by atoms with Crippen LogP contribution in [0.25, 0.3) is 6.08 Å². The fourth-order valence-electron chi connectivity index (χ4n) is 3.38. The number of aryl methyl sites for hydroxylation is 1. The van der Waals surface area contributed by atoms with Gasteiger partial charge in [0, 0.05) is 32.4 Å². The SMILES string of the molecule is Cc1ccc(C(=O)c2cccn2CC=Cc2cccc(CO[C@H](C)C(=O)N(C)C)c2)cc1. The second-order valence-electron chi connectivity index (χ2n) is 8.07. The third-order valence-corrected chi connectivity index (χ3v) is 5.23. The Bertz CT molecular complexity index is 1090. The van der Waals surface area contributed by atoms with Crippen LogP contribution in [0.2, 0.25) is 0 Å². The molecule has 0 aliphatic rings. The van der Waals surface area contributed by atoms with Gasteiger partial charge in [0.25, 0.3) is 5.91 Å². The summed E-state index contributed by atoms with van der Waals surface area (Å²) in [5, 5.41) is 0. The maximum Gasteiger partial charge on any atom is 0.250 e. The number of ether oxygens (including phenoxy) is 1. The van der Waals surface area contributed by atoms with E-state index in [2.05, 4.69) is 0 Å². The van der Waals surface area contributed by atoms with Crippen LogP contribution in [0.15, 0.2) is 72.9 Å². The number of ketones is 1. The minimum Gasteiger partial charge on any atom is -0.364 e. The van der Waals surface area contributed by atoms with Crippen molar-refractivity contribution >= 4 is 17.8 Å². The lowest BCUT2D eigenvalue weighted by Gasteiger charge is -2.17. The number of carbonyl (C=O) groups is 2. The molecule has 2 aromatic carbocycles. The highest BCUT2D eigenvalue weighted by Gasteiger charge is 2.15. The van der Waals surface area contributed by atoms with Crippen molar-refractivity contribution in [1.82, 2.24) is 9.47 Å². The molecule has 5 nitrogen and oxygen atoms in total. The molecule has 3 rings (SSSR count). The lowest BCUT2D eigenvalue weighted by molar-refractivity contribution is -0.140. The fraction of sp³-hybridized carbons (Fsp3) is 0.259. The molecule has 1 amide bonds. The number of nitrogens with zero attached hydrogens (tertiary/aromatic N) is 2. The average molecular weight is 431 g/mol. The predicted molar refractivity (Wildman–Crippen MR) is 127 cm³/mol. The molecular weight excluding hydrogens is 400 g/mol. The normalized spacial score (nSPS) is 12.1. The molecule has 0 bridgehead atoms. The summed E-state index contributed by atoms with van der Waals surface area (Å²) in [7, 11) is 3.44. The van der Waals surface area contributed by atoms with E-state index >= 15 is 0 Å². The lowest BCUT2D eigenvalue weighted by atomic mass is 10.1. The van der Waals surface area contributed by atoms with Gasteiger partial charge >= 0.3 is 0 Å². The lowest BCUT2D eigenvalue weighted by Crippen LogP contribution is -2.33. The molecule has 1 atom stereocenters. The third-order valence-electron chi connectivity index (χ3n) is 5.23. The van der Waals surface area contributed by atoms with Crippen LogP contribution in [0.1, 0.15) is 39.7 Å². The van der Waals surface area contributed by atoms with Gasteiger partial charge in [-0.15, -0.1) is 0 Å². The molecule has 0 saturated carbocycles. The Labute approximate surface area is 189 Å². The largest absolute Gasteiger partial charge is 0.364 e. The van der Waals surface area contributed by atoms with Crippen molar-refractivity contribution in [2.24, 2.45) is 0 Å². The van der Waals surface area contributed by atoms with Gasteiger partial charge < -0.3 is 14.2 Å². The first-order valence-corrected chi connectivity index (χ1v) is 10.7. The van der Waals surface area contributed by atoms with Gasteiger partial charge in [0.05, 0.1) is 12.3 Å². The predicted octanol–water partition coefficient (Wildman–Crippen LogP) is 4.73. The minimum atomic E-state index is -0.484. The van der Waals surface area contributed by atoms with E-state index in [-0.39, 0.29) is 11.7 Å². The summed E-state index contributed by atoms with van der Waals surface area (Å²) in [5.41, 5.74) is 4.53. The Kier molecular flexibility index (Phi) is 7.79. The molecule has 0 unspecified atom stereocenters. The van der Waals surface area contributed by atoms with E-state index in [9.17, 15) is 9.59 Å². The van der Waals surface area contributed by atoms with Gasteiger partial charge in [0.15, 0.2) is 0 Å². The Balaban J connectivity index is 1.62. The van der Waals surface area contributed by atoms with Gasteiger partial charge in [-0.1, -0.05) is 60.2 Å². The van der Waals surface area contributed by atoms with Gasteiger partial charge in [-0.2, -0.15) is 0 Å². The van der Waals surface area contributed by atoms with E-state index in [0.717, 1.165) is 16.7 Å². The topological polar surface area (TPSA) is 51.5 Å². The van der Waals surface area contributed by atoms with E-state index in [4.69, 9.17) is 4.74 Å². The first-order valence-electron chi connectivity index (χ1n) is 10.7. The van der Waals surface area contributed by atoms with Crippen LogP contribution in [0.3, 0.4) is 0 Å². The molecule has 32 heavy (non-hydrogen) atoms. The highest BCUT2D eigenvalue weighted by molar-refractivity contribution is 6.08. The monoisotopic (exact) mass is 430 g/mol. The third kappa shape index (κ3) is 6.05. The molecular formula is C27H30N2O3. The highest BCUT2D eigenvalue weighted by atomic mass is 16.5. The zero-order valence-corrected chi connectivity index (χ0v) is 19.1. The van der Waals surface area contributed by atoms with E-state index in [1.54, 1.807) is 21.0 Å². The van der Waals surface area contributed by atoms with Crippen LogP contribution in [-0.4, -0.2) is 41.4 Å². The maximum atomic E-state index is 12.8. The summed E-state index contributed by atoms with van der Waals surface area (Å²) in [4.78, 5) is 26.3. The second-order valence-corrected chi connectivity index (χ2v) is 8.07. The van der Waals surface area contributed by atoms with Crippen LogP contribution in [0.5, 0.6) is 0 Å². The summed E-state index contributed by atoms with van der Waals surface area (Å²) in [6.45, 7) is 4.73. The Morgan fingerprint density at radius 3 is 2.53 bits per heavy atom. The minimum absolute atomic E-state index is 0.0175. The van der Waals surface area contributed by atoms with Crippen LogP contribution >= 0.6 is 0 Å². The quantitative estimate of drug-likeness (QED) is 0.461.